The van der Waals surface area contributed by atoms with Gasteiger partial charge in [-0.25, -0.2) is 12.8 Å². The number of hydrogen-bond donors (Lipinski definition) is 0. The van der Waals surface area contributed by atoms with Gasteiger partial charge in [0.05, 0.1) is 4.90 Å². The van der Waals surface area contributed by atoms with Crippen LogP contribution < -0.4 is 0 Å². The maximum absolute atomic E-state index is 12.9. The zero-order chi connectivity index (χ0) is 10.1. The molecule has 13 heavy (non-hydrogen) atoms. The monoisotopic (exact) mass is 199 g/mol. The third-order valence-corrected chi connectivity index (χ3v) is 2.63. The smallest absolute Gasteiger partial charge is 0.176 e. The summed E-state index contributed by atoms with van der Waals surface area (Å²) in [7, 11) is -3.53. The first-order valence-electron chi connectivity index (χ1n) is 3.35. The summed E-state index contributed by atoms with van der Waals surface area (Å²) in [5.41, 5.74) is -0.426. The lowest BCUT2D eigenvalue weighted by atomic mass is 10.2. The number of rotatable bonds is 1. The van der Waals surface area contributed by atoms with Crippen LogP contribution in [0.3, 0.4) is 0 Å². The highest BCUT2D eigenvalue weighted by molar-refractivity contribution is 7.90. The lowest BCUT2D eigenvalue weighted by Crippen LogP contribution is -2.01. The molecule has 0 saturated heterocycles. The molecule has 0 unspecified atom stereocenters. The Morgan fingerprint density at radius 3 is 2.46 bits per heavy atom. The molecule has 0 radical (unpaired) electrons. The van der Waals surface area contributed by atoms with Crippen LogP contribution in [0.1, 0.15) is 5.56 Å². The van der Waals surface area contributed by atoms with Gasteiger partial charge in [0.15, 0.2) is 9.84 Å². The molecule has 5 heteroatoms. The Kier molecular flexibility index (Phi) is 2.34. The van der Waals surface area contributed by atoms with Crippen LogP contribution in [0.15, 0.2) is 23.1 Å². The van der Waals surface area contributed by atoms with Gasteiger partial charge in [0.1, 0.15) is 17.4 Å². The van der Waals surface area contributed by atoms with Crippen molar-refractivity contribution in [3.63, 3.8) is 0 Å². The molecule has 1 rings (SSSR count). The summed E-state index contributed by atoms with van der Waals surface area (Å²) < 4.78 is 35.0. The highest BCUT2D eigenvalue weighted by Crippen LogP contribution is 2.17. The van der Waals surface area contributed by atoms with E-state index in [-0.39, 0.29) is 4.90 Å². The first-order valence-corrected chi connectivity index (χ1v) is 5.24. The maximum atomic E-state index is 12.9. The molecule has 0 spiro atoms. The summed E-state index contributed by atoms with van der Waals surface area (Å²) in [4.78, 5) is -0.269. The van der Waals surface area contributed by atoms with Crippen molar-refractivity contribution in [2.45, 2.75) is 4.90 Å². The molecule has 0 atom stereocenters. The van der Waals surface area contributed by atoms with Gasteiger partial charge in [-0.3, -0.25) is 0 Å². The molecule has 0 fully saturated rings. The minimum Gasteiger partial charge on any atom is -0.224 e. The Labute approximate surface area is 75.3 Å². The number of sulfone groups is 1. The number of benzene rings is 1. The van der Waals surface area contributed by atoms with Gasteiger partial charge in [0.25, 0.3) is 0 Å². The van der Waals surface area contributed by atoms with Crippen molar-refractivity contribution in [3.8, 4) is 6.07 Å². The number of halogens is 1. The summed E-state index contributed by atoms with van der Waals surface area (Å²) in [6.07, 6.45) is 0.933. The van der Waals surface area contributed by atoms with Crippen LogP contribution in [0.5, 0.6) is 0 Å². The summed E-state index contributed by atoms with van der Waals surface area (Å²) in [5, 5.41) is 8.51. The molecule has 0 aliphatic carbocycles. The largest absolute Gasteiger partial charge is 0.224 e. The molecule has 0 saturated carbocycles. The second-order valence-electron chi connectivity index (χ2n) is 2.50. The van der Waals surface area contributed by atoms with Gasteiger partial charge in [0.2, 0.25) is 0 Å². The molecular weight excluding hydrogens is 193 g/mol. The second kappa shape index (κ2) is 3.15. The molecule has 1 aromatic carbocycles. The standard InChI is InChI=1S/C8H6FNO2S/c1-13(11,12)8-4-2-3-7(9)6(8)5-10/h2-4H,1H3. The Bertz CT molecular complexity index is 473. The van der Waals surface area contributed by atoms with E-state index in [9.17, 15) is 12.8 Å². The highest BCUT2D eigenvalue weighted by atomic mass is 32.2. The van der Waals surface area contributed by atoms with E-state index in [1.54, 1.807) is 0 Å². The normalized spacial score (nSPS) is 10.8. The van der Waals surface area contributed by atoms with Gasteiger partial charge in [-0.15, -0.1) is 0 Å². The molecule has 0 bridgehead atoms. The zero-order valence-corrected chi connectivity index (χ0v) is 7.60. The van der Waals surface area contributed by atoms with Crippen LogP contribution >= 0.6 is 0 Å². The van der Waals surface area contributed by atoms with Gasteiger partial charge < -0.3 is 0 Å². The van der Waals surface area contributed by atoms with Crippen molar-refractivity contribution in [2.24, 2.45) is 0 Å². The number of nitriles is 1. The van der Waals surface area contributed by atoms with Crippen LogP contribution in [-0.2, 0) is 9.84 Å². The Hall–Kier alpha value is -1.41. The molecule has 3 nitrogen and oxygen atoms in total. The molecule has 0 aliphatic heterocycles. The van der Waals surface area contributed by atoms with E-state index in [4.69, 9.17) is 5.26 Å². The third-order valence-electron chi connectivity index (χ3n) is 1.49. The van der Waals surface area contributed by atoms with Crippen LogP contribution in [0, 0.1) is 17.1 Å². The molecule has 68 valence electrons. The fraction of sp³-hybridized carbons (Fsp3) is 0.125. The molecule has 0 N–H and O–H groups in total. The average Bonchev–Trinajstić information content (AvgIpc) is 2.02. The molecule has 1 aromatic rings. The SMILES string of the molecule is CS(=O)(=O)c1cccc(F)c1C#N. The van der Waals surface area contributed by atoms with E-state index in [1.165, 1.54) is 18.2 Å². The van der Waals surface area contributed by atoms with Crippen LogP contribution in [0.25, 0.3) is 0 Å². The highest BCUT2D eigenvalue weighted by Gasteiger charge is 2.15. The van der Waals surface area contributed by atoms with Gasteiger partial charge in [-0.2, -0.15) is 5.26 Å². The van der Waals surface area contributed by atoms with Crippen molar-refractivity contribution >= 4 is 9.84 Å². The summed E-state index contributed by atoms with van der Waals surface area (Å²) in [6.45, 7) is 0. The third kappa shape index (κ3) is 1.84. The van der Waals surface area contributed by atoms with Crippen molar-refractivity contribution in [1.29, 1.82) is 5.26 Å². The fourth-order valence-corrected chi connectivity index (χ4v) is 1.76. The summed E-state index contributed by atoms with van der Waals surface area (Å²) >= 11 is 0. The van der Waals surface area contributed by atoms with E-state index in [0.29, 0.717) is 0 Å². The van der Waals surface area contributed by atoms with Gasteiger partial charge in [0, 0.05) is 6.26 Å². The molecule has 0 aliphatic rings. The Morgan fingerprint density at radius 1 is 1.46 bits per heavy atom. The predicted octanol–water partition coefficient (Wildman–Crippen LogP) is 1.10. The molecule has 0 amide bonds. The fourth-order valence-electron chi connectivity index (χ4n) is 0.922. The van der Waals surface area contributed by atoms with Crippen molar-refractivity contribution < 1.29 is 12.8 Å². The minimum absolute atomic E-state index is 0.269. The van der Waals surface area contributed by atoms with E-state index in [0.717, 1.165) is 12.3 Å². The molecule has 0 aromatic heterocycles. The minimum atomic E-state index is -3.53. The summed E-state index contributed by atoms with van der Waals surface area (Å²) in [6, 6.07) is 5.03. The van der Waals surface area contributed by atoms with Crippen molar-refractivity contribution in [1.82, 2.24) is 0 Å². The first kappa shape index (κ1) is 9.68. The van der Waals surface area contributed by atoms with Gasteiger partial charge >= 0.3 is 0 Å². The lowest BCUT2D eigenvalue weighted by molar-refractivity contribution is 0.594. The van der Waals surface area contributed by atoms with Crippen LogP contribution in [0.4, 0.5) is 4.39 Å². The number of hydrogen-bond acceptors (Lipinski definition) is 3. The van der Waals surface area contributed by atoms with Crippen LogP contribution in [0.2, 0.25) is 0 Å². The van der Waals surface area contributed by atoms with Crippen molar-refractivity contribution in [3.05, 3.63) is 29.6 Å². The van der Waals surface area contributed by atoms with E-state index in [1.807, 2.05) is 0 Å². The van der Waals surface area contributed by atoms with E-state index >= 15 is 0 Å². The quantitative estimate of drug-likeness (QED) is 0.680. The maximum Gasteiger partial charge on any atom is 0.176 e. The molecular formula is C8H6FNO2S. The summed E-state index contributed by atoms with van der Waals surface area (Å²) in [5.74, 6) is -0.814. The Balaban J connectivity index is 3.59. The first-order chi connectivity index (χ1) is 5.96. The van der Waals surface area contributed by atoms with Gasteiger partial charge in [-0.05, 0) is 12.1 Å². The molecule has 0 heterocycles. The number of nitrogens with zero attached hydrogens (tertiary/aromatic N) is 1. The van der Waals surface area contributed by atoms with E-state index in [2.05, 4.69) is 0 Å². The second-order valence-corrected chi connectivity index (χ2v) is 4.48. The van der Waals surface area contributed by atoms with Crippen molar-refractivity contribution in [2.75, 3.05) is 6.26 Å². The Morgan fingerprint density at radius 2 is 2.08 bits per heavy atom. The predicted molar refractivity (Wildman–Crippen MR) is 44.2 cm³/mol. The van der Waals surface area contributed by atoms with Crippen LogP contribution in [-0.4, -0.2) is 14.7 Å². The topological polar surface area (TPSA) is 57.9 Å². The van der Waals surface area contributed by atoms with Gasteiger partial charge in [-0.1, -0.05) is 6.07 Å². The lowest BCUT2D eigenvalue weighted by Gasteiger charge is -2.00. The zero-order valence-electron chi connectivity index (χ0n) is 6.78. The van der Waals surface area contributed by atoms with E-state index < -0.39 is 21.2 Å². The average molecular weight is 199 g/mol.